The van der Waals surface area contributed by atoms with E-state index in [1.807, 2.05) is 0 Å². The molecule has 0 atom stereocenters. The lowest BCUT2D eigenvalue weighted by Gasteiger charge is -2.17. The smallest absolute Gasteiger partial charge is 0.317 e. The van der Waals surface area contributed by atoms with Crippen LogP contribution >= 0.6 is 0 Å². The van der Waals surface area contributed by atoms with Gasteiger partial charge in [-0.25, -0.2) is 0 Å². The monoisotopic (exact) mass is 334 g/mol. The third-order valence-corrected chi connectivity index (χ3v) is 2.41. The van der Waals surface area contributed by atoms with Crippen LogP contribution in [-0.4, -0.2) is 92.9 Å². The number of carbonyl (C=O) groups is 2. The molecule has 2 N–H and O–H groups in total. The van der Waals surface area contributed by atoms with Crippen molar-refractivity contribution in [3.63, 3.8) is 0 Å². The number of hydrogen-bond acceptors (Lipinski definition) is 7. The quantitative estimate of drug-likeness (QED) is 0.170. The minimum Gasteiger partial charge on any atom is -0.480 e. The molecule has 23 heavy (non-hydrogen) atoms. The van der Waals surface area contributed by atoms with Crippen LogP contribution in [0.25, 0.3) is 10.4 Å². The molecule has 11 heteroatoms. The number of carboxylic acid groups (broad SMARTS) is 2. The highest BCUT2D eigenvalue weighted by atomic mass is 16.5. The van der Waals surface area contributed by atoms with E-state index in [2.05, 4.69) is 10.0 Å². The first-order valence-corrected chi connectivity index (χ1v) is 6.96. The summed E-state index contributed by atoms with van der Waals surface area (Å²) in [4.78, 5) is 25.0. The molecular formula is C12H22N4O7. The SMILES string of the molecule is [N-]=[N+]=NCCOCCOCCOCCN(CC(=O)O)CC(=O)O. The van der Waals surface area contributed by atoms with Gasteiger partial charge in [0.05, 0.1) is 52.7 Å². The van der Waals surface area contributed by atoms with Crippen LogP contribution in [-0.2, 0) is 23.8 Å². The summed E-state index contributed by atoms with van der Waals surface area (Å²) >= 11 is 0. The van der Waals surface area contributed by atoms with Crippen molar-refractivity contribution in [2.24, 2.45) is 5.11 Å². The van der Waals surface area contributed by atoms with Crippen molar-refractivity contribution in [2.45, 2.75) is 0 Å². The van der Waals surface area contributed by atoms with Gasteiger partial charge < -0.3 is 24.4 Å². The molecule has 0 aromatic carbocycles. The Balaban J connectivity index is 3.46. The maximum atomic E-state index is 10.6. The molecule has 0 saturated heterocycles. The average molecular weight is 334 g/mol. The Labute approximate surface area is 133 Å². The van der Waals surface area contributed by atoms with Crippen molar-refractivity contribution in [1.82, 2.24) is 4.90 Å². The predicted octanol–water partition coefficient (Wildman–Crippen LogP) is -0.182. The predicted molar refractivity (Wildman–Crippen MR) is 78.2 cm³/mol. The number of carboxylic acids is 2. The molecule has 0 spiro atoms. The molecular weight excluding hydrogens is 312 g/mol. The molecule has 132 valence electrons. The molecule has 0 aliphatic carbocycles. The van der Waals surface area contributed by atoms with Crippen LogP contribution in [0, 0.1) is 0 Å². The molecule has 0 unspecified atom stereocenters. The van der Waals surface area contributed by atoms with Crippen LogP contribution in [0.3, 0.4) is 0 Å². The van der Waals surface area contributed by atoms with E-state index >= 15 is 0 Å². The first-order chi connectivity index (χ1) is 11.1. The molecule has 0 heterocycles. The first kappa shape index (κ1) is 21.1. The zero-order valence-electron chi connectivity index (χ0n) is 12.8. The van der Waals surface area contributed by atoms with E-state index in [4.69, 9.17) is 30.0 Å². The Bertz CT molecular complexity index is 372. The van der Waals surface area contributed by atoms with Crippen LogP contribution in [0.4, 0.5) is 0 Å². The highest BCUT2D eigenvalue weighted by molar-refractivity contribution is 5.72. The highest BCUT2D eigenvalue weighted by Crippen LogP contribution is 1.90. The van der Waals surface area contributed by atoms with Gasteiger partial charge in [0, 0.05) is 18.0 Å². The van der Waals surface area contributed by atoms with Crippen molar-refractivity contribution in [3.8, 4) is 0 Å². The summed E-state index contributed by atoms with van der Waals surface area (Å²) in [5, 5.41) is 20.6. The largest absolute Gasteiger partial charge is 0.480 e. The Morgan fingerprint density at radius 2 is 1.39 bits per heavy atom. The zero-order chi connectivity index (χ0) is 17.3. The second kappa shape index (κ2) is 15.0. The molecule has 11 nitrogen and oxygen atoms in total. The fraction of sp³-hybridized carbons (Fsp3) is 0.833. The van der Waals surface area contributed by atoms with Crippen LogP contribution in [0.2, 0.25) is 0 Å². The molecule has 0 fully saturated rings. The van der Waals surface area contributed by atoms with Crippen molar-refractivity contribution in [3.05, 3.63) is 10.4 Å². The van der Waals surface area contributed by atoms with Crippen molar-refractivity contribution in [1.29, 1.82) is 0 Å². The van der Waals surface area contributed by atoms with E-state index in [0.717, 1.165) is 0 Å². The summed E-state index contributed by atoms with van der Waals surface area (Å²) in [6, 6.07) is 0. The summed E-state index contributed by atoms with van der Waals surface area (Å²) in [6.45, 7) is 1.77. The lowest BCUT2D eigenvalue weighted by molar-refractivity contribution is -0.142. The first-order valence-electron chi connectivity index (χ1n) is 6.96. The maximum Gasteiger partial charge on any atom is 0.317 e. The standard InChI is InChI=1S/C12H22N4O7/c13-15-14-1-3-21-5-7-23-8-6-22-4-2-16(9-11(17)18)10-12(19)20/h1-10H2,(H,17,18)(H,19,20). The van der Waals surface area contributed by atoms with Gasteiger partial charge in [-0.1, -0.05) is 5.11 Å². The molecule has 0 bridgehead atoms. The minimum atomic E-state index is -1.09. The normalized spacial score (nSPS) is 10.5. The number of ether oxygens (including phenoxy) is 3. The van der Waals surface area contributed by atoms with Crippen molar-refractivity contribution < 1.29 is 34.0 Å². The van der Waals surface area contributed by atoms with Crippen molar-refractivity contribution >= 4 is 11.9 Å². The summed E-state index contributed by atoms with van der Waals surface area (Å²) in [7, 11) is 0. The number of hydrogen-bond donors (Lipinski definition) is 2. The molecule has 0 aromatic rings. The second-order valence-electron chi connectivity index (χ2n) is 4.29. The van der Waals surface area contributed by atoms with Gasteiger partial charge in [0.2, 0.25) is 0 Å². The van der Waals surface area contributed by atoms with Gasteiger partial charge in [-0.2, -0.15) is 0 Å². The fourth-order valence-corrected chi connectivity index (χ4v) is 1.48. The zero-order valence-corrected chi connectivity index (χ0v) is 12.8. The highest BCUT2D eigenvalue weighted by Gasteiger charge is 2.12. The minimum absolute atomic E-state index is 0.209. The molecule has 0 aliphatic rings. The summed E-state index contributed by atoms with van der Waals surface area (Å²) < 4.78 is 15.6. The number of rotatable bonds is 16. The van der Waals surface area contributed by atoms with Crippen LogP contribution in [0.5, 0.6) is 0 Å². The summed E-state index contributed by atoms with van der Waals surface area (Å²) in [5.74, 6) is -2.18. The third kappa shape index (κ3) is 16.3. The lowest BCUT2D eigenvalue weighted by Crippen LogP contribution is -2.37. The van der Waals surface area contributed by atoms with Gasteiger partial charge in [-0.15, -0.1) is 0 Å². The van der Waals surface area contributed by atoms with Crippen molar-refractivity contribution in [2.75, 3.05) is 65.8 Å². The molecule has 0 saturated carbocycles. The van der Waals surface area contributed by atoms with Gasteiger partial charge in [-0.05, 0) is 5.53 Å². The Hall–Kier alpha value is -1.91. The number of nitrogens with zero attached hydrogens (tertiary/aromatic N) is 4. The van der Waals surface area contributed by atoms with E-state index in [1.165, 1.54) is 4.90 Å². The molecule has 0 aromatic heterocycles. The Morgan fingerprint density at radius 3 is 1.87 bits per heavy atom. The summed E-state index contributed by atoms with van der Waals surface area (Å²) in [5.41, 5.74) is 8.03. The van der Waals surface area contributed by atoms with E-state index in [9.17, 15) is 9.59 Å². The Morgan fingerprint density at radius 1 is 0.913 bits per heavy atom. The maximum absolute atomic E-state index is 10.6. The van der Waals surface area contributed by atoms with Crippen LogP contribution in [0.15, 0.2) is 5.11 Å². The van der Waals surface area contributed by atoms with Gasteiger partial charge in [0.25, 0.3) is 0 Å². The third-order valence-electron chi connectivity index (χ3n) is 2.41. The van der Waals surface area contributed by atoms with Gasteiger partial charge in [-0.3, -0.25) is 14.5 Å². The molecule has 0 rings (SSSR count). The van der Waals surface area contributed by atoms with E-state index < -0.39 is 11.9 Å². The lowest BCUT2D eigenvalue weighted by atomic mass is 10.4. The van der Waals surface area contributed by atoms with E-state index in [1.54, 1.807) is 0 Å². The fourth-order valence-electron chi connectivity index (χ4n) is 1.48. The van der Waals surface area contributed by atoms with Crippen LogP contribution in [0.1, 0.15) is 0 Å². The topological polar surface area (TPSA) is 154 Å². The molecule has 0 aliphatic heterocycles. The van der Waals surface area contributed by atoms with Gasteiger partial charge in [0.1, 0.15) is 0 Å². The number of aliphatic carboxylic acids is 2. The summed E-state index contributed by atoms with van der Waals surface area (Å²) in [6.07, 6.45) is 0. The Kier molecular flexibility index (Phi) is 13.8. The number of azide groups is 1. The second-order valence-corrected chi connectivity index (χ2v) is 4.29. The van der Waals surface area contributed by atoms with Crippen LogP contribution < -0.4 is 0 Å². The van der Waals surface area contributed by atoms with Gasteiger partial charge >= 0.3 is 11.9 Å². The van der Waals surface area contributed by atoms with E-state index in [-0.39, 0.29) is 32.8 Å². The van der Waals surface area contributed by atoms with E-state index in [0.29, 0.717) is 33.0 Å². The molecule has 0 amide bonds. The average Bonchev–Trinajstić information content (AvgIpc) is 2.47. The molecule has 0 radical (unpaired) electrons. The van der Waals surface area contributed by atoms with Gasteiger partial charge in [0.15, 0.2) is 0 Å².